The predicted molar refractivity (Wildman–Crippen MR) is 85.1 cm³/mol. The van der Waals surface area contributed by atoms with Gasteiger partial charge >= 0.3 is 0 Å². The maximum absolute atomic E-state index is 3.77. The molecule has 3 heterocycles. The molecule has 0 aromatic carbocycles. The largest absolute Gasteiger partial charge is 0.312 e. The minimum atomic E-state index is 0.795. The Bertz CT molecular complexity index is 280. The topological polar surface area (TPSA) is 18.5 Å². The summed E-state index contributed by atoms with van der Waals surface area (Å²) >= 11 is 0. The Balaban J connectivity index is 1.56. The molecule has 0 amide bonds. The number of hydrogen-bond acceptors (Lipinski definition) is 3. The first-order valence-electron chi connectivity index (χ1n) is 9.10. The first-order chi connectivity index (χ1) is 9.88. The van der Waals surface area contributed by atoms with E-state index in [1.807, 2.05) is 0 Å². The van der Waals surface area contributed by atoms with Crippen LogP contribution in [0.1, 0.15) is 58.3 Å². The van der Waals surface area contributed by atoms with E-state index in [1.165, 1.54) is 84.1 Å². The fraction of sp³-hybridized carbons (Fsp3) is 1.00. The van der Waals surface area contributed by atoms with Gasteiger partial charge in [-0.15, -0.1) is 0 Å². The molecule has 1 N–H and O–H groups in total. The van der Waals surface area contributed by atoms with Gasteiger partial charge in [-0.05, 0) is 77.7 Å². The fourth-order valence-electron chi connectivity index (χ4n) is 4.70. The molecule has 3 heteroatoms. The second-order valence-corrected chi connectivity index (χ2v) is 7.08. The van der Waals surface area contributed by atoms with Gasteiger partial charge in [-0.25, -0.2) is 0 Å². The first-order valence-corrected chi connectivity index (χ1v) is 9.10. The van der Waals surface area contributed by atoms with Crippen molar-refractivity contribution in [2.75, 3.05) is 32.7 Å². The standard InChI is InChI=1S/C17H33N3/c1-2-11-19-13-8-15(9-14-19)20-12-4-3-7-17(20)16-6-5-10-18-16/h15-18H,2-14H2,1H3. The van der Waals surface area contributed by atoms with Crippen LogP contribution in [0.15, 0.2) is 0 Å². The van der Waals surface area contributed by atoms with E-state index in [-0.39, 0.29) is 0 Å². The number of hydrogen-bond donors (Lipinski definition) is 1. The highest BCUT2D eigenvalue weighted by Crippen LogP contribution is 2.29. The van der Waals surface area contributed by atoms with Gasteiger partial charge in [0.25, 0.3) is 0 Å². The zero-order valence-electron chi connectivity index (χ0n) is 13.3. The number of piperidine rings is 2. The van der Waals surface area contributed by atoms with E-state index >= 15 is 0 Å². The van der Waals surface area contributed by atoms with Crippen molar-refractivity contribution in [3.05, 3.63) is 0 Å². The van der Waals surface area contributed by atoms with E-state index in [4.69, 9.17) is 0 Å². The predicted octanol–water partition coefficient (Wildman–Crippen LogP) is 2.47. The molecule has 0 bridgehead atoms. The molecule has 3 fully saturated rings. The van der Waals surface area contributed by atoms with Crippen LogP contribution in [0.25, 0.3) is 0 Å². The van der Waals surface area contributed by atoms with Gasteiger partial charge in [0.05, 0.1) is 0 Å². The second-order valence-electron chi connectivity index (χ2n) is 7.08. The molecule has 0 saturated carbocycles. The zero-order chi connectivity index (χ0) is 13.8. The zero-order valence-corrected chi connectivity index (χ0v) is 13.3. The summed E-state index contributed by atoms with van der Waals surface area (Å²) in [5, 5.41) is 3.77. The lowest BCUT2D eigenvalue weighted by atomic mass is 9.90. The van der Waals surface area contributed by atoms with E-state index < -0.39 is 0 Å². The molecule has 3 aliphatic heterocycles. The van der Waals surface area contributed by atoms with Crippen molar-refractivity contribution < 1.29 is 0 Å². The summed E-state index contributed by atoms with van der Waals surface area (Å²) in [6, 6.07) is 2.51. The first kappa shape index (κ1) is 14.8. The quantitative estimate of drug-likeness (QED) is 0.853. The highest BCUT2D eigenvalue weighted by Gasteiger charge is 2.36. The monoisotopic (exact) mass is 279 g/mol. The molecule has 116 valence electrons. The van der Waals surface area contributed by atoms with Crippen molar-refractivity contribution in [2.24, 2.45) is 0 Å². The Morgan fingerprint density at radius 1 is 0.950 bits per heavy atom. The molecular formula is C17H33N3. The summed E-state index contributed by atoms with van der Waals surface area (Å²) in [7, 11) is 0. The van der Waals surface area contributed by atoms with Gasteiger partial charge in [0.1, 0.15) is 0 Å². The van der Waals surface area contributed by atoms with Crippen LogP contribution >= 0.6 is 0 Å². The van der Waals surface area contributed by atoms with Crippen LogP contribution in [0.3, 0.4) is 0 Å². The van der Waals surface area contributed by atoms with E-state index in [0.29, 0.717) is 0 Å². The van der Waals surface area contributed by atoms with Gasteiger partial charge in [0.2, 0.25) is 0 Å². The van der Waals surface area contributed by atoms with Crippen molar-refractivity contribution >= 4 is 0 Å². The Hall–Kier alpha value is -0.120. The van der Waals surface area contributed by atoms with E-state index in [9.17, 15) is 0 Å². The van der Waals surface area contributed by atoms with Gasteiger partial charge < -0.3 is 10.2 Å². The summed E-state index contributed by atoms with van der Waals surface area (Å²) in [5.74, 6) is 0. The molecule has 0 aromatic rings. The molecule has 3 saturated heterocycles. The minimum absolute atomic E-state index is 0.795. The molecule has 3 rings (SSSR count). The van der Waals surface area contributed by atoms with Crippen LogP contribution < -0.4 is 5.32 Å². The SMILES string of the molecule is CCCN1CCC(N2CCCCC2C2CCCN2)CC1. The van der Waals surface area contributed by atoms with Gasteiger partial charge in [-0.1, -0.05) is 13.3 Å². The lowest BCUT2D eigenvalue weighted by molar-refractivity contribution is 0.0365. The molecule has 2 unspecified atom stereocenters. The van der Waals surface area contributed by atoms with Crippen LogP contribution in [0.5, 0.6) is 0 Å². The second kappa shape index (κ2) is 7.24. The van der Waals surface area contributed by atoms with Crippen molar-refractivity contribution in [3.63, 3.8) is 0 Å². The summed E-state index contributed by atoms with van der Waals surface area (Å²) < 4.78 is 0. The van der Waals surface area contributed by atoms with Crippen LogP contribution in [0.4, 0.5) is 0 Å². The summed E-state index contributed by atoms with van der Waals surface area (Å²) in [6.07, 6.45) is 11.2. The van der Waals surface area contributed by atoms with Gasteiger partial charge in [-0.3, -0.25) is 4.90 Å². The fourth-order valence-corrected chi connectivity index (χ4v) is 4.70. The number of nitrogens with one attached hydrogen (secondary N) is 1. The Morgan fingerprint density at radius 3 is 2.50 bits per heavy atom. The molecular weight excluding hydrogens is 246 g/mol. The van der Waals surface area contributed by atoms with Crippen LogP contribution in [-0.4, -0.2) is 60.6 Å². The smallest absolute Gasteiger partial charge is 0.0252 e. The summed E-state index contributed by atoms with van der Waals surface area (Å²) in [6.45, 7) is 8.89. The molecule has 2 atom stereocenters. The normalized spacial score (nSPS) is 34.6. The molecule has 0 radical (unpaired) electrons. The maximum atomic E-state index is 3.77. The highest BCUT2D eigenvalue weighted by atomic mass is 15.2. The Morgan fingerprint density at radius 2 is 1.80 bits per heavy atom. The lowest BCUT2D eigenvalue weighted by Gasteiger charge is -2.46. The summed E-state index contributed by atoms with van der Waals surface area (Å²) in [5.41, 5.74) is 0. The van der Waals surface area contributed by atoms with Crippen molar-refractivity contribution in [2.45, 2.75) is 76.4 Å². The van der Waals surface area contributed by atoms with Crippen molar-refractivity contribution in [3.8, 4) is 0 Å². The third-order valence-electron chi connectivity index (χ3n) is 5.72. The third-order valence-corrected chi connectivity index (χ3v) is 5.72. The molecule has 3 aliphatic rings. The van der Waals surface area contributed by atoms with Crippen molar-refractivity contribution in [1.29, 1.82) is 0 Å². The third kappa shape index (κ3) is 3.37. The maximum Gasteiger partial charge on any atom is 0.0252 e. The van der Waals surface area contributed by atoms with Gasteiger partial charge in [-0.2, -0.15) is 0 Å². The highest BCUT2D eigenvalue weighted by molar-refractivity contribution is 4.94. The minimum Gasteiger partial charge on any atom is -0.312 e. The van der Waals surface area contributed by atoms with Crippen molar-refractivity contribution in [1.82, 2.24) is 15.1 Å². The Labute approximate surface area is 125 Å². The van der Waals surface area contributed by atoms with Crippen LogP contribution in [0, 0.1) is 0 Å². The molecule has 0 spiro atoms. The Kier molecular flexibility index (Phi) is 5.36. The summed E-state index contributed by atoms with van der Waals surface area (Å²) in [4.78, 5) is 5.58. The number of rotatable bonds is 4. The van der Waals surface area contributed by atoms with E-state index in [1.54, 1.807) is 0 Å². The van der Waals surface area contributed by atoms with Gasteiger partial charge in [0.15, 0.2) is 0 Å². The average molecular weight is 279 g/mol. The van der Waals surface area contributed by atoms with E-state index in [0.717, 1.165) is 18.1 Å². The average Bonchev–Trinajstić information content (AvgIpc) is 3.03. The number of likely N-dealkylation sites (tertiary alicyclic amines) is 2. The lowest BCUT2D eigenvalue weighted by Crippen LogP contribution is -2.56. The molecule has 0 aliphatic carbocycles. The van der Waals surface area contributed by atoms with E-state index in [2.05, 4.69) is 22.0 Å². The molecule has 3 nitrogen and oxygen atoms in total. The molecule has 20 heavy (non-hydrogen) atoms. The number of nitrogens with zero attached hydrogens (tertiary/aromatic N) is 2. The van der Waals surface area contributed by atoms with Gasteiger partial charge in [0, 0.05) is 18.1 Å². The molecule has 0 aromatic heterocycles. The van der Waals surface area contributed by atoms with Crippen LogP contribution in [-0.2, 0) is 0 Å². The van der Waals surface area contributed by atoms with Crippen LogP contribution in [0.2, 0.25) is 0 Å².